The molecule has 1 heterocycles. The van der Waals surface area contributed by atoms with E-state index < -0.39 is 0 Å². The van der Waals surface area contributed by atoms with Gasteiger partial charge in [-0.15, -0.1) is 0 Å². The molecule has 0 saturated heterocycles. The number of aromatic hydroxyl groups is 1. The number of ether oxygens (including phenoxy) is 1. The van der Waals surface area contributed by atoms with Gasteiger partial charge in [0.1, 0.15) is 18.1 Å². The van der Waals surface area contributed by atoms with Gasteiger partial charge in [0, 0.05) is 11.6 Å². The Kier molecular flexibility index (Phi) is 2.28. The first-order chi connectivity index (χ1) is 6.81. The molecule has 0 spiro atoms. The van der Waals surface area contributed by atoms with E-state index in [1.54, 1.807) is 25.3 Å². The average molecular weight is 193 g/mol. The smallest absolute Gasteiger partial charge is 0.132 e. The Bertz CT molecular complexity index is 374. The van der Waals surface area contributed by atoms with Gasteiger partial charge in [-0.1, -0.05) is 0 Å². The summed E-state index contributed by atoms with van der Waals surface area (Å²) in [5.41, 5.74) is 4.50. The summed E-state index contributed by atoms with van der Waals surface area (Å²) in [6.45, 7) is 0.474. The van der Waals surface area contributed by atoms with Gasteiger partial charge in [-0.2, -0.15) is 0 Å². The highest BCUT2D eigenvalue weighted by atomic mass is 16.6. The Labute approximate surface area is 81.7 Å². The molecule has 4 heteroatoms. The van der Waals surface area contributed by atoms with Gasteiger partial charge < -0.3 is 9.84 Å². The summed E-state index contributed by atoms with van der Waals surface area (Å²) in [6.07, 6.45) is 1.88. The molecule has 2 N–H and O–H groups in total. The van der Waals surface area contributed by atoms with E-state index in [4.69, 9.17) is 9.57 Å². The van der Waals surface area contributed by atoms with Crippen LogP contribution in [0.2, 0.25) is 0 Å². The van der Waals surface area contributed by atoms with Crippen LogP contribution in [0.1, 0.15) is 5.56 Å². The van der Waals surface area contributed by atoms with E-state index in [1.807, 2.05) is 6.08 Å². The molecule has 4 nitrogen and oxygen atoms in total. The summed E-state index contributed by atoms with van der Waals surface area (Å²) in [4.78, 5) is 4.83. The molecule has 14 heavy (non-hydrogen) atoms. The number of hydroxylamine groups is 1. The highest BCUT2D eigenvalue weighted by Gasteiger charge is 2.13. The van der Waals surface area contributed by atoms with Crippen molar-refractivity contribution < 1.29 is 14.7 Å². The molecule has 0 radical (unpaired) electrons. The van der Waals surface area contributed by atoms with Gasteiger partial charge in [0.2, 0.25) is 0 Å². The summed E-state index contributed by atoms with van der Waals surface area (Å²) < 4.78 is 5.35. The third kappa shape index (κ3) is 1.52. The van der Waals surface area contributed by atoms with E-state index in [2.05, 4.69) is 5.48 Å². The highest BCUT2D eigenvalue weighted by molar-refractivity contribution is 5.71. The van der Waals surface area contributed by atoms with Crippen molar-refractivity contribution in [3.05, 3.63) is 29.8 Å². The molecule has 1 aliphatic heterocycles. The van der Waals surface area contributed by atoms with Crippen LogP contribution in [0.5, 0.6) is 11.5 Å². The van der Waals surface area contributed by atoms with Crippen LogP contribution in [0.4, 0.5) is 0 Å². The molecule has 1 aliphatic rings. The maximum Gasteiger partial charge on any atom is 0.132 e. The van der Waals surface area contributed by atoms with E-state index in [9.17, 15) is 5.11 Å². The van der Waals surface area contributed by atoms with Gasteiger partial charge in [0.15, 0.2) is 0 Å². The lowest BCUT2D eigenvalue weighted by Gasteiger charge is -2.18. The monoisotopic (exact) mass is 193 g/mol. The minimum Gasteiger partial charge on any atom is -0.508 e. The summed E-state index contributed by atoms with van der Waals surface area (Å²) in [6, 6.07) is 4.97. The fraction of sp³-hybridized carbons (Fsp3) is 0.200. The van der Waals surface area contributed by atoms with Crippen molar-refractivity contribution in [3.63, 3.8) is 0 Å². The largest absolute Gasteiger partial charge is 0.508 e. The minimum atomic E-state index is 0.197. The van der Waals surface area contributed by atoms with Crippen molar-refractivity contribution in [1.82, 2.24) is 5.48 Å². The van der Waals surface area contributed by atoms with Crippen LogP contribution in [0.3, 0.4) is 0 Å². The zero-order valence-electron chi connectivity index (χ0n) is 7.78. The SMILES string of the molecule is CONC1=CCOc2cc(O)ccc21. The summed E-state index contributed by atoms with van der Waals surface area (Å²) in [5, 5.41) is 9.25. The molecule has 0 unspecified atom stereocenters. The molecule has 0 fully saturated rings. The molecular formula is C10H11NO3. The molecule has 74 valence electrons. The Morgan fingerprint density at radius 1 is 1.50 bits per heavy atom. The lowest BCUT2D eigenvalue weighted by atomic mass is 10.1. The van der Waals surface area contributed by atoms with E-state index in [0.717, 1.165) is 11.3 Å². The van der Waals surface area contributed by atoms with Crippen molar-refractivity contribution in [3.8, 4) is 11.5 Å². The number of phenolic OH excluding ortho intramolecular Hbond substituents is 1. The normalized spacial score (nSPS) is 13.9. The highest BCUT2D eigenvalue weighted by Crippen LogP contribution is 2.31. The number of hydrogen-bond acceptors (Lipinski definition) is 4. The summed E-state index contributed by atoms with van der Waals surface area (Å²) in [5.74, 6) is 0.856. The Hall–Kier alpha value is -1.68. The van der Waals surface area contributed by atoms with Gasteiger partial charge in [-0.25, -0.2) is 0 Å². The first-order valence-electron chi connectivity index (χ1n) is 4.26. The van der Waals surface area contributed by atoms with Crippen molar-refractivity contribution in [1.29, 1.82) is 0 Å². The number of hydrogen-bond donors (Lipinski definition) is 2. The number of fused-ring (bicyclic) bond motifs is 1. The van der Waals surface area contributed by atoms with Crippen molar-refractivity contribution in [2.45, 2.75) is 0 Å². The van der Waals surface area contributed by atoms with Gasteiger partial charge >= 0.3 is 0 Å². The standard InChI is InChI=1S/C10H11NO3/c1-13-11-9-4-5-14-10-6-7(12)2-3-8(9)10/h2-4,6,11-12H,5H2,1H3. The van der Waals surface area contributed by atoms with Crippen LogP contribution in [0, 0.1) is 0 Å². The van der Waals surface area contributed by atoms with E-state index in [1.165, 1.54) is 0 Å². The third-order valence-corrected chi connectivity index (χ3v) is 1.99. The molecule has 0 atom stereocenters. The van der Waals surface area contributed by atoms with E-state index in [-0.39, 0.29) is 5.75 Å². The molecule has 0 bridgehead atoms. The lowest BCUT2D eigenvalue weighted by Crippen LogP contribution is -2.15. The van der Waals surface area contributed by atoms with Crippen LogP contribution in [0.15, 0.2) is 24.3 Å². The third-order valence-electron chi connectivity index (χ3n) is 1.99. The number of nitrogens with one attached hydrogen (secondary N) is 1. The second-order valence-electron chi connectivity index (χ2n) is 2.92. The second kappa shape index (κ2) is 3.59. The molecule has 1 aromatic carbocycles. The zero-order chi connectivity index (χ0) is 9.97. The molecule has 0 aromatic heterocycles. The predicted octanol–water partition coefficient (Wildman–Crippen LogP) is 1.28. The molecule has 0 amide bonds. The van der Waals surface area contributed by atoms with Gasteiger partial charge in [-0.05, 0) is 18.2 Å². The zero-order valence-corrected chi connectivity index (χ0v) is 7.78. The molecule has 2 rings (SSSR count). The summed E-state index contributed by atoms with van der Waals surface area (Å²) >= 11 is 0. The fourth-order valence-electron chi connectivity index (χ4n) is 1.38. The van der Waals surface area contributed by atoms with Crippen molar-refractivity contribution in [2.24, 2.45) is 0 Å². The van der Waals surface area contributed by atoms with Gasteiger partial charge in [0.25, 0.3) is 0 Å². The predicted molar refractivity (Wildman–Crippen MR) is 51.7 cm³/mol. The maximum atomic E-state index is 9.25. The quantitative estimate of drug-likeness (QED) is 0.694. The van der Waals surface area contributed by atoms with Crippen LogP contribution in [-0.4, -0.2) is 18.8 Å². The first-order valence-corrected chi connectivity index (χ1v) is 4.26. The second-order valence-corrected chi connectivity index (χ2v) is 2.92. The van der Waals surface area contributed by atoms with Crippen LogP contribution in [-0.2, 0) is 4.84 Å². The van der Waals surface area contributed by atoms with E-state index in [0.29, 0.717) is 12.4 Å². The van der Waals surface area contributed by atoms with Crippen molar-refractivity contribution in [2.75, 3.05) is 13.7 Å². The number of benzene rings is 1. The topological polar surface area (TPSA) is 50.7 Å². The fourth-order valence-corrected chi connectivity index (χ4v) is 1.38. The summed E-state index contributed by atoms with van der Waals surface area (Å²) in [7, 11) is 1.55. The van der Waals surface area contributed by atoms with Gasteiger partial charge in [-0.3, -0.25) is 10.3 Å². The van der Waals surface area contributed by atoms with Crippen LogP contribution < -0.4 is 10.2 Å². The first kappa shape index (κ1) is 8.90. The van der Waals surface area contributed by atoms with Gasteiger partial charge in [0.05, 0.1) is 12.8 Å². The Balaban J connectivity index is 2.38. The number of phenols is 1. The molecule has 1 aromatic rings. The van der Waals surface area contributed by atoms with E-state index >= 15 is 0 Å². The Morgan fingerprint density at radius 3 is 3.14 bits per heavy atom. The average Bonchev–Trinajstić information content (AvgIpc) is 2.18. The molecular weight excluding hydrogens is 182 g/mol. The lowest BCUT2D eigenvalue weighted by molar-refractivity contribution is 0.135. The number of rotatable bonds is 2. The maximum absolute atomic E-state index is 9.25. The van der Waals surface area contributed by atoms with Crippen molar-refractivity contribution >= 4 is 5.70 Å². The van der Waals surface area contributed by atoms with Crippen LogP contribution >= 0.6 is 0 Å². The molecule has 0 aliphatic carbocycles. The van der Waals surface area contributed by atoms with Crippen LogP contribution in [0.25, 0.3) is 5.70 Å². The molecule has 0 saturated carbocycles. The Morgan fingerprint density at radius 2 is 2.36 bits per heavy atom. The minimum absolute atomic E-state index is 0.197.